The van der Waals surface area contributed by atoms with E-state index in [0.29, 0.717) is 23.2 Å². The summed E-state index contributed by atoms with van der Waals surface area (Å²) in [6.45, 7) is 6.15. The zero-order valence-electron chi connectivity index (χ0n) is 22.2. The summed E-state index contributed by atoms with van der Waals surface area (Å²) in [6.07, 6.45) is 6.65. The minimum atomic E-state index is 0.160. The smallest absolute Gasteiger partial charge is 0.206 e. The molecule has 1 aliphatic carbocycles. The zero-order valence-corrected chi connectivity index (χ0v) is 23.0. The molecule has 0 unspecified atom stereocenters. The van der Waals surface area contributed by atoms with Crippen LogP contribution in [0.1, 0.15) is 69.9 Å². The molecule has 6 nitrogen and oxygen atoms in total. The van der Waals surface area contributed by atoms with Crippen LogP contribution < -0.4 is 19.0 Å². The van der Waals surface area contributed by atoms with Crippen LogP contribution in [0.25, 0.3) is 11.3 Å². The second-order valence-corrected chi connectivity index (χ2v) is 10.3. The molecule has 3 aromatic rings. The van der Waals surface area contributed by atoms with E-state index in [2.05, 4.69) is 43.5 Å². The van der Waals surface area contributed by atoms with Crippen molar-refractivity contribution in [2.45, 2.75) is 64.8 Å². The zero-order chi connectivity index (χ0) is 25.7. The van der Waals surface area contributed by atoms with Gasteiger partial charge in [0.25, 0.3) is 0 Å². The summed E-state index contributed by atoms with van der Waals surface area (Å²) >= 11 is 1.61. The van der Waals surface area contributed by atoms with E-state index >= 15 is 0 Å². The van der Waals surface area contributed by atoms with Gasteiger partial charge in [-0.1, -0.05) is 43.5 Å². The Labute approximate surface area is 218 Å². The molecule has 0 N–H and O–H groups in total. The first-order chi connectivity index (χ1) is 17.4. The molecule has 0 aliphatic heterocycles. The van der Waals surface area contributed by atoms with Gasteiger partial charge in [-0.2, -0.15) is 5.10 Å². The number of methoxy groups -OCH3 is 3. The average molecular weight is 508 g/mol. The van der Waals surface area contributed by atoms with Gasteiger partial charge in [0.15, 0.2) is 11.5 Å². The van der Waals surface area contributed by atoms with Crippen LogP contribution in [0, 0.1) is 0 Å². The second-order valence-electron chi connectivity index (χ2n) is 9.49. The molecule has 0 radical (unpaired) electrons. The average Bonchev–Trinajstić information content (AvgIpc) is 3.29. The van der Waals surface area contributed by atoms with E-state index in [1.165, 1.54) is 37.7 Å². The Morgan fingerprint density at radius 1 is 0.944 bits per heavy atom. The topological polar surface area (TPSA) is 57.3 Å². The third-order valence-corrected chi connectivity index (χ3v) is 7.50. The van der Waals surface area contributed by atoms with E-state index in [4.69, 9.17) is 24.3 Å². The van der Waals surface area contributed by atoms with Gasteiger partial charge in [-0.3, -0.25) is 4.99 Å². The quantitative estimate of drug-likeness (QED) is 0.313. The summed E-state index contributed by atoms with van der Waals surface area (Å²) in [5, 5.41) is 7.18. The maximum atomic E-state index is 5.55. The highest BCUT2D eigenvalue weighted by molar-refractivity contribution is 7.07. The first kappa shape index (κ1) is 26.0. The van der Waals surface area contributed by atoms with Crippen molar-refractivity contribution >= 4 is 17.0 Å². The highest BCUT2D eigenvalue weighted by Crippen LogP contribution is 2.38. The van der Waals surface area contributed by atoms with Crippen LogP contribution in [0.3, 0.4) is 0 Å². The monoisotopic (exact) mass is 507 g/mol. The molecule has 1 aliphatic rings. The number of thiazole rings is 1. The minimum absolute atomic E-state index is 0.160. The van der Waals surface area contributed by atoms with Gasteiger partial charge in [0.1, 0.15) is 0 Å². The lowest BCUT2D eigenvalue weighted by Crippen LogP contribution is -2.16. The summed E-state index contributed by atoms with van der Waals surface area (Å²) in [7, 11) is 4.85. The van der Waals surface area contributed by atoms with Crippen molar-refractivity contribution in [3.8, 4) is 28.5 Å². The lowest BCUT2D eigenvalue weighted by Gasteiger charge is -2.22. The van der Waals surface area contributed by atoms with Gasteiger partial charge in [-0.05, 0) is 57.2 Å². The van der Waals surface area contributed by atoms with Crippen LogP contribution in [-0.4, -0.2) is 37.8 Å². The predicted octanol–water partition coefficient (Wildman–Crippen LogP) is 6.87. The Hall–Kier alpha value is -3.06. The van der Waals surface area contributed by atoms with Crippen molar-refractivity contribution in [3.63, 3.8) is 0 Å². The summed E-state index contributed by atoms with van der Waals surface area (Å²) in [4.78, 5) is 5.71. The van der Waals surface area contributed by atoms with E-state index in [1.54, 1.807) is 32.7 Å². The standard InChI is InChI=1S/C29H37N3O3S/c1-19(2)30-29-32(31-20(3)24-16-26(33-4)28(35-6)27(17-24)34-5)25(18-36-29)23-14-12-22(13-15-23)21-10-8-7-9-11-21/h12-19,21H,7-11H2,1-6H3/b30-29?,31-20-. The molecule has 1 aromatic heterocycles. The normalized spacial score (nSPS) is 15.4. The van der Waals surface area contributed by atoms with Crippen molar-refractivity contribution in [3.05, 3.63) is 57.7 Å². The van der Waals surface area contributed by atoms with Crippen molar-refractivity contribution < 1.29 is 14.2 Å². The molecular formula is C29H37N3O3S. The van der Waals surface area contributed by atoms with E-state index < -0.39 is 0 Å². The first-order valence-corrected chi connectivity index (χ1v) is 13.5. The van der Waals surface area contributed by atoms with Gasteiger partial charge in [0, 0.05) is 22.5 Å². The third kappa shape index (κ3) is 5.67. The van der Waals surface area contributed by atoms with Crippen molar-refractivity contribution in [1.82, 2.24) is 4.68 Å². The molecule has 7 heteroatoms. The summed E-state index contributed by atoms with van der Waals surface area (Å²) < 4.78 is 18.5. The number of nitrogens with zero attached hydrogens (tertiary/aromatic N) is 3. The first-order valence-electron chi connectivity index (χ1n) is 12.7. The number of hydrogen-bond acceptors (Lipinski definition) is 6. The molecule has 0 spiro atoms. The van der Waals surface area contributed by atoms with Gasteiger partial charge in [-0.25, -0.2) is 4.68 Å². The van der Waals surface area contributed by atoms with Crippen LogP contribution in [0.5, 0.6) is 17.2 Å². The van der Waals surface area contributed by atoms with Crippen molar-refractivity contribution in [2.24, 2.45) is 10.1 Å². The maximum absolute atomic E-state index is 5.55. The Bertz CT molecular complexity index is 1240. The van der Waals surface area contributed by atoms with E-state index in [-0.39, 0.29) is 6.04 Å². The van der Waals surface area contributed by atoms with Crippen molar-refractivity contribution in [1.29, 1.82) is 0 Å². The molecule has 4 rings (SSSR count). The van der Waals surface area contributed by atoms with Crippen molar-refractivity contribution in [2.75, 3.05) is 21.3 Å². The van der Waals surface area contributed by atoms with Crippen LogP contribution in [0.2, 0.25) is 0 Å². The third-order valence-electron chi connectivity index (χ3n) is 6.67. The Balaban J connectivity index is 1.76. The van der Waals surface area contributed by atoms with Gasteiger partial charge in [0.05, 0.1) is 32.7 Å². The van der Waals surface area contributed by atoms with E-state index in [9.17, 15) is 0 Å². The molecule has 2 aromatic carbocycles. The molecule has 0 saturated heterocycles. The van der Waals surface area contributed by atoms with Gasteiger partial charge in [0.2, 0.25) is 10.6 Å². The van der Waals surface area contributed by atoms with E-state index in [1.807, 2.05) is 23.7 Å². The number of hydrogen-bond donors (Lipinski definition) is 0. The SMILES string of the molecule is COc1cc(/C(C)=N\n2c(-c3ccc(C4CCCCC4)cc3)csc2=NC(C)C)cc(OC)c1OC. The molecule has 0 amide bonds. The summed E-state index contributed by atoms with van der Waals surface area (Å²) in [5.41, 5.74) is 5.32. The summed E-state index contributed by atoms with van der Waals surface area (Å²) in [6, 6.07) is 13.0. The van der Waals surface area contributed by atoms with Crippen LogP contribution in [0.4, 0.5) is 0 Å². The van der Waals surface area contributed by atoms with Gasteiger partial charge < -0.3 is 14.2 Å². The molecule has 36 heavy (non-hydrogen) atoms. The lowest BCUT2D eigenvalue weighted by atomic mass is 9.84. The minimum Gasteiger partial charge on any atom is -0.493 e. The van der Waals surface area contributed by atoms with Crippen LogP contribution in [0.15, 0.2) is 51.9 Å². The number of ether oxygens (including phenoxy) is 3. The molecule has 1 heterocycles. The lowest BCUT2D eigenvalue weighted by molar-refractivity contribution is 0.324. The van der Waals surface area contributed by atoms with E-state index in [0.717, 1.165) is 27.3 Å². The highest BCUT2D eigenvalue weighted by atomic mass is 32.1. The number of benzene rings is 2. The van der Waals surface area contributed by atoms with Gasteiger partial charge in [-0.15, -0.1) is 11.3 Å². The molecule has 192 valence electrons. The fraction of sp³-hybridized carbons (Fsp3) is 0.448. The van der Waals surface area contributed by atoms with Crippen LogP contribution in [-0.2, 0) is 0 Å². The predicted molar refractivity (Wildman–Crippen MR) is 148 cm³/mol. The largest absolute Gasteiger partial charge is 0.493 e. The Kier molecular flexibility index (Phi) is 8.52. The fourth-order valence-electron chi connectivity index (χ4n) is 4.76. The molecule has 1 fully saturated rings. The molecule has 0 atom stereocenters. The fourth-order valence-corrected chi connectivity index (χ4v) is 5.73. The number of rotatable bonds is 8. The maximum Gasteiger partial charge on any atom is 0.206 e. The van der Waals surface area contributed by atoms with Gasteiger partial charge >= 0.3 is 0 Å². The Morgan fingerprint density at radius 2 is 1.58 bits per heavy atom. The Morgan fingerprint density at radius 3 is 2.14 bits per heavy atom. The second kappa shape index (κ2) is 11.8. The van der Waals surface area contributed by atoms with Crippen LogP contribution >= 0.6 is 11.3 Å². The number of aromatic nitrogens is 1. The molecule has 1 saturated carbocycles. The summed E-state index contributed by atoms with van der Waals surface area (Å²) in [5.74, 6) is 2.45. The molecule has 0 bridgehead atoms. The highest BCUT2D eigenvalue weighted by Gasteiger charge is 2.17. The molecular weight excluding hydrogens is 470 g/mol.